The minimum atomic E-state index is -5.26. The molecule has 0 saturated carbocycles. The lowest BCUT2D eigenvalue weighted by molar-refractivity contribution is 0.322. The van der Waals surface area contributed by atoms with Crippen molar-refractivity contribution in [1.29, 1.82) is 0 Å². The smallest absolute Gasteiger partial charge is 0.323 e. The fourth-order valence-electron chi connectivity index (χ4n) is 2.68. The van der Waals surface area contributed by atoms with Gasteiger partial charge in [0.2, 0.25) is 5.52 Å². The average Bonchev–Trinajstić information content (AvgIpc) is 2.98. The third-order valence-corrected chi connectivity index (χ3v) is 8.54. The lowest BCUT2D eigenvalue weighted by Gasteiger charge is -2.23. The number of nitrogens with zero attached hydrogens (tertiary/aromatic N) is 2. The first-order valence-corrected chi connectivity index (χ1v) is 12.8. The van der Waals surface area contributed by atoms with Gasteiger partial charge < -0.3 is 19.6 Å². The van der Waals surface area contributed by atoms with Crippen LogP contribution in [0, 0.1) is 6.92 Å². The molecule has 8 nitrogen and oxygen atoms in total. The third-order valence-electron chi connectivity index (χ3n) is 3.97. The molecular formula is C17H17ClN2O6P2S. The van der Waals surface area contributed by atoms with Crippen LogP contribution in [0.2, 0.25) is 5.02 Å². The Hall–Kier alpha value is -1.54. The summed E-state index contributed by atoms with van der Waals surface area (Å²) in [5.74, 6) is 0. The van der Waals surface area contributed by atoms with E-state index in [2.05, 4.69) is 4.99 Å². The van der Waals surface area contributed by atoms with E-state index in [1.807, 2.05) is 6.92 Å². The van der Waals surface area contributed by atoms with E-state index >= 15 is 0 Å². The van der Waals surface area contributed by atoms with Crippen LogP contribution in [-0.2, 0) is 9.13 Å². The third kappa shape index (κ3) is 5.15. The SMILES string of the molecule is Cc1ccc(-c2csc(=Nc3ccc(Cl)cc3)n2C(P(=O)(O)O)P(=O)(O)O)cc1. The predicted molar refractivity (Wildman–Crippen MR) is 112 cm³/mol. The molecule has 0 fully saturated rings. The van der Waals surface area contributed by atoms with Gasteiger partial charge in [-0.25, -0.2) is 4.99 Å². The normalized spacial score (nSPS) is 13.3. The maximum Gasteiger partial charge on any atom is 0.360 e. The quantitative estimate of drug-likeness (QED) is 0.409. The molecule has 0 unspecified atom stereocenters. The lowest BCUT2D eigenvalue weighted by Crippen LogP contribution is -2.22. The number of hydrogen-bond acceptors (Lipinski definition) is 4. The van der Waals surface area contributed by atoms with E-state index < -0.39 is 20.7 Å². The highest BCUT2D eigenvalue weighted by molar-refractivity contribution is 7.69. The summed E-state index contributed by atoms with van der Waals surface area (Å²) in [6.07, 6.45) is 0. The van der Waals surface area contributed by atoms with Crippen molar-refractivity contribution in [2.24, 2.45) is 4.99 Å². The summed E-state index contributed by atoms with van der Waals surface area (Å²) in [7, 11) is -10.5. The highest BCUT2D eigenvalue weighted by Crippen LogP contribution is 2.67. The van der Waals surface area contributed by atoms with Crippen molar-refractivity contribution in [2.75, 3.05) is 0 Å². The molecule has 3 aromatic rings. The Balaban J connectivity index is 2.33. The number of thiazole rings is 1. The molecule has 29 heavy (non-hydrogen) atoms. The Bertz CT molecular complexity index is 1160. The Morgan fingerprint density at radius 1 is 0.966 bits per heavy atom. The second-order valence-electron chi connectivity index (χ2n) is 6.25. The van der Waals surface area contributed by atoms with Gasteiger partial charge in [-0.1, -0.05) is 41.4 Å². The van der Waals surface area contributed by atoms with E-state index in [-0.39, 0.29) is 10.5 Å². The van der Waals surface area contributed by atoms with Crippen molar-refractivity contribution in [3.63, 3.8) is 0 Å². The van der Waals surface area contributed by atoms with Crippen LogP contribution in [-0.4, -0.2) is 24.1 Å². The van der Waals surface area contributed by atoms with Gasteiger partial charge in [0.05, 0.1) is 11.4 Å². The molecule has 0 aliphatic rings. The molecule has 0 amide bonds. The standard InChI is InChI=1S/C17H17ClN2O6P2S/c1-11-2-4-12(5-3-11)15-10-29-16(19-14-8-6-13(18)7-9-14)20(15)17(27(21,22)23)28(24,25)26/h2-10,17H,1H3,(H2,21,22,23)(H2,24,25,26). The van der Waals surface area contributed by atoms with Crippen molar-refractivity contribution in [2.45, 2.75) is 12.4 Å². The molecule has 154 valence electrons. The number of hydrogen-bond donors (Lipinski definition) is 4. The zero-order valence-corrected chi connectivity index (χ0v) is 18.3. The topological polar surface area (TPSA) is 132 Å². The van der Waals surface area contributed by atoms with Crippen molar-refractivity contribution >= 4 is 43.8 Å². The van der Waals surface area contributed by atoms with Crippen LogP contribution in [0.3, 0.4) is 0 Å². The number of benzene rings is 2. The molecule has 4 N–H and O–H groups in total. The van der Waals surface area contributed by atoms with Crippen molar-refractivity contribution < 1.29 is 28.7 Å². The Kier molecular flexibility index (Phi) is 6.34. The lowest BCUT2D eigenvalue weighted by atomic mass is 10.1. The van der Waals surface area contributed by atoms with Crippen LogP contribution in [0.1, 0.15) is 11.1 Å². The number of halogens is 1. The molecule has 0 aliphatic heterocycles. The molecule has 0 spiro atoms. The van der Waals surface area contributed by atoms with Crippen LogP contribution in [0.4, 0.5) is 5.69 Å². The Labute approximate surface area is 175 Å². The minimum absolute atomic E-state index is 0.0274. The largest absolute Gasteiger partial charge is 0.360 e. The van der Waals surface area contributed by atoms with Gasteiger partial charge in [-0.2, -0.15) is 0 Å². The van der Waals surface area contributed by atoms with Gasteiger partial charge in [0.25, 0.3) is 0 Å². The van der Waals surface area contributed by atoms with Crippen LogP contribution in [0.25, 0.3) is 11.3 Å². The van der Waals surface area contributed by atoms with Crippen molar-refractivity contribution in [1.82, 2.24) is 4.57 Å². The monoisotopic (exact) mass is 474 g/mol. The van der Waals surface area contributed by atoms with Gasteiger partial charge in [0, 0.05) is 10.4 Å². The van der Waals surface area contributed by atoms with E-state index in [1.54, 1.807) is 53.9 Å². The van der Waals surface area contributed by atoms with Crippen LogP contribution >= 0.6 is 38.1 Å². The molecule has 12 heteroatoms. The molecule has 1 heterocycles. The van der Waals surface area contributed by atoms with Crippen LogP contribution < -0.4 is 4.80 Å². The zero-order valence-electron chi connectivity index (χ0n) is 15.0. The van der Waals surface area contributed by atoms with Crippen molar-refractivity contribution in [3.05, 3.63) is 69.3 Å². The number of rotatable bonds is 5. The van der Waals surface area contributed by atoms with Crippen LogP contribution in [0.5, 0.6) is 0 Å². The van der Waals surface area contributed by atoms with Gasteiger partial charge in [-0.15, -0.1) is 11.3 Å². The first-order chi connectivity index (χ1) is 13.5. The van der Waals surface area contributed by atoms with Gasteiger partial charge in [0.15, 0.2) is 4.80 Å². The van der Waals surface area contributed by atoms with Crippen LogP contribution in [0.15, 0.2) is 58.9 Å². The molecule has 0 bridgehead atoms. The van der Waals surface area contributed by atoms with Crippen molar-refractivity contribution in [3.8, 4) is 11.3 Å². The highest BCUT2D eigenvalue weighted by atomic mass is 35.5. The first-order valence-electron chi connectivity index (χ1n) is 8.14. The summed E-state index contributed by atoms with van der Waals surface area (Å²) >= 11 is 6.87. The van der Waals surface area contributed by atoms with Gasteiger partial charge in [0.1, 0.15) is 0 Å². The van der Waals surface area contributed by atoms with Gasteiger partial charge in [-0.3, -0.25) is 13.7 Å². The predicted octanol–water partition coefficient (Wildman–Crippen LogP) is 4.22. The number of aryl methyl sites for hydroxylation is 1. The van der Waals surface area contributed by atoms with E-state index in [0.717, 1.165) is 21.5 Å². The fraction of sp³-hybridized carbons (Fsp3) is 0.118. The molecule has 1 aromatic heterocycles. The summed E-state index contributed by atoms with van der Waals surface area (Å²) < 4.78 is 25.1. The second-order valence-corrected chi connectivity index (χ2v) is 11.3. The summed E-state index contributed by atoms with van der Waals surface area (Å²) in [6, 6.07) is 13.3. The molecule has 0 atom stereocenters. The van der Waals surface area contributed by atoms with E-state index in [1.165, 1.54) is 0 Å². The summed E-state index contributed by atoms with van der Waals surface area (Å²) in [5.41, 5.74) is -0.252. The molecular weight excluding hydrogens is 458 g/mol. The van der Waals surface area contributed by atoms with E-state index in [9.17, 15) is 28.7 Å². The zero-order chi connectivity index (χ0) is 21.4. The van der Waals surface area contributed by atoms with E-state index in [4.69, 9.17) is 11.6 Å². The molecule has 0 radical (unpaired) electrons. The Morgan fingerprint density at radius 2 is 1.52 bits per heavy atom. The highest BCUT2D eigenvalue weighted by Gasteiger charge is 2.46. The number of aromatic nitrogens is 1. The molecule has 3 rings (SSSR count). The van der Waals surface area contributed by atoms with Gasteiger partial charge in [-0.05, 0) is 36.8 Å². The molecule has 0 saturated heterocycles. The second kappa shape index (κ2) is 8.30. The fourth-order valence-corrected chi connectivity index (χ4v) is 6.54. The summed E-state index contributed by atoms with van der Waals surface area (Å²) in [4.78, 5) is 43.4. The van der Waals surface area contributed by atoms with Gasteiger partial charge >= 0.3 is 15.2 Å². The first kappa shape index (κ1) is 22.2. The Morgan fingerprint density at radius 3 is 2.03 bits per heavy atom. The summed E-state index contributed by atoms with van der Waals surface area (Å²) in [6.45, 7) is 1.88. The van der Waals surface area contributed by atoms with E-state index in [0.29, 0.717) is 16.3 Å². The summed E-state index contributed by atoms with van der Waals surface area (Å²) in [5, 5.41) is 2.03. The maximum absolute atomic E-state index is 12.1. The molecule has 0 aliphatic carbocycles. The molecule has 2 aromatic carbocycles. The minimum Gasteiger partial charge on any atom is -0.323 e. The average molecular weight is 475 g/mol. The maximum atomic E-state index is 12.1.